The summed E-state index contributed by atoms with van der Waals surface area (Å²) >= 11 is 2.79. The van der Waals surface area contributed by atoms with Crippen molar-refractivity contribution in [2.75, 3.05) is 93.9 Å². The zero-order valence-corrected chi connectivity index (χ0v) is 56.7. The maximum Gasteiger partial charge on any atom is 0.418 e. The third-order valence-electron chi connectivity index (χ3n) is 17.5. The fourth-order valence-corrected chi connectivity index (χ4v) is 16.8. The first-order valence-electron chi connectivity index (χ1n) is 30.3. The van der Waals surface area contributed by atoms with Crippen LogP contribution in [0.2, 0.25) is 0 Å². The monoisotopic (exact) mass is 1430 g/mol. The highest BCUT2D eigenvalue weighted by Crippen LogP contribution is 2.52. The number of hydrogen-bond donors (Lipinski definition) is 11. The number of likely N-dealkylation sites (N-methyl/N-ethyl adjacent to an activating group) is 2. The number of ketones is 2. The van der Waals surface area contributed by atoms with E-state index < -0.39 is 123 Å². The number of aliphatic hydroxyl groups excluding tert-OH is 2. The van der Waals surface area contributed by atoms with E-state index in [1.807, 2.05) is 6.92 Å². The minimum Gasteiger partial charge on any atom is -0.477 e. The highest BCUT2D eigenvalue weighted by atomic mass is 32.3. The summed E-state index contributed by atoms with van der Waals surface area (Å²) in [7, 11) is -2.94. The molecule has 14 N–H and O–H groups in total. The van der Waals surface area contributed by atoms with E-state index in [1.165, 1.54) is 45.1 Å². The Morgan fingerprint density at radius 2 is 1.17 bits per heavy atom. The highest BCUT2D eigenvalue weighted by Gasteiger charge is 2.61. The van der Waals surface area contributed by atoms with Crippen LogP contribution in [0.15, 0.2) is 21.2 Å². The van der Waals surface area contributed by atoms with Gasteiger partial charge < -0.3 is 86.9 Å². The first-order chi connectivity index (χ1) is 44.0. The number of carbonyl (C=O) groups excluding carboxylic acids is 8. The van der Waals surface area contributed by atoms with Crippen molar-refractivity contribution in [3.8, 4) is 0 Å². The number of thioether (sulfide) groups is 2. The summed E-state index contributed by atoms with van der Waals surface area (Å²) in [6, 6.07) is -5.99. The molecule has 0 aliphatic carbocycles. The smallest absolute Gasteiger partial charge is 0.418 e. The number of Topliss-reactive ketones (excluding diaryl/α,β-unsaturated/α-hetero) is 2. The number of carbonyl (C=O) groups is 10. The van der Waals surface area contributed by atoms with Gasteiger partial charge in [-0.15, -0.1) is 32.1 Å². The Hall–Kier alpha value is -5.90. The normalized spacial score (nSPS) is 29.3. The Morgan fingerprint density at radius 1 is 0.705 bits per heavy atom. The van der Waals surface area contributed by atoms with Crippen LogP contribution in [0.25, 0.3) is 0 Å². The number of urea groups is 2. The van der Waals surface area contributed by atoms with Crippen LogP contribution >= 0.6 is 23.5 Å². The molecule has 37 nitrogen and oxygen atoms in total. The summed E-state index contributed by atoms with van der Waals surface area (Å²) in [5.74, 6) is -6.13. The summed E-state index contributed by atoms with van der Waals surface area (Å²) in [5, 5.41) is 53.2. The van der Waals surface area contributed by atoms with E-state index in [0.29, 0.717) is 65.3 Å². The predicted octanol–water partition coefficient (Wildman–Crippen LogP) is -4.45. The Labute approximate surface area is 556 Å². The molecule has 7 fully saturated rings. The van der Waals surface area contributed by atoms with E-state index in [1.54, 1.807) is 46.9 Å². The SMILES string of the molecule is C[C@@H](O)[C@@H](C(=O)NCCOCC(=O)[C@@H]1CC[C@@H]2CN1C(=O)N2OS(=O)(=O)O)[C@@H]1NC(C(=O)O)=C(S[C@@H]2CN[C@H](C(=O)N(C)C)C2)[C@@H]1C.C[C@@H](O)[C@H]1C(=O)N2C(C(=O)O)=C(S[C@@H]3CN[C@H](C(=O)N(C)C)C3)[C@H](C)[C@H]12.NCCOCC(=O)[C@@H]1CC[C@@H]2CN1C(=O)N2OS(=O)(=O)O.O. The van der Waals surface area contributed by atoms with Gasteiger partial charge >= 0.3 is 44.8 Å². The Balaban J connectivity index is 0.000000249. The van der Waals surface area contributed by atoms with Gasteiger partial charge in [-0.25, -0.2) is 19.2 Å². The number of aliphatic hydroxyl groups is 2. The second kappa shape index (κ2) is 32.6. The Morgan fingerprint density at radius 3 is 1.58 bits per heavy atom. The van der Waals surface area contributed by atoms with Crippen molar-refractivity contribution in [2.24, 2.45) is 29.4 Å². The zero-order chi connectivity index (χ0) is 69.7. The van der Waals surface area contributed by atoms with E-state index in [0.717, 1.165) is 4.90 Å². The van der Waals surface area contributed by atoms with Gasteiger partial charge in [0.05, 0.1) is 79.6 Å². The molecule has 0 aromatic heterocycles. The standard InChI is InChI=1S/C27H42N6O12S2.C17H25N3O5S.C10H17N3O7S.H2O/c1-13-21(30-22(26(38)39)23(13)46-16-9-17(29-10-16)25(37)31(3)4)20(14(2)34)24(36)28-7-8-44-12-19(35)18-6-5-15-11-32(18)27(40)33(15)45-47(41,42)43;1-7-12-11(8(2)21)16(23)20(12)13(17(24)25)14(7)26-9-5-10(18-6-9)15(22)19(3)4;11-3-4-19-6-9(14)8-2-1-7-5-12(8)10(15)13(7)20-21(16,17)18;/h13-18,20-21,29-30,34H,5-12H2,1-4H3,(H,28,36)(H,38,39)(H,41,42,43);7-12,18,21H,5-6H2,1-4H3,(H,24,25);7-8H,1-6,11H2,(H,16,17,18);1H2/t13-,14-,15-,16+,17+,18+,20-,21-;7-,8-,9+,10+,11-,12-;7-,8+;/m111./s1. The molecular formula is C54H86N12O25S4. The van der Waals surface area contributed by atoms with Gasteiger partial charge in [0.2, 0.25) is 23.6 Å². The Kier molecular flexibility index (Phi) is 26.8. The van der Waals surface area contributed by atoms with Crippen molar-refractivity contribution in [1.29, 1.82) is 0 Å². The van der Waals surface area contributed by atoms with Crippen molar-refractivity contribution < 1.29 is 118 Å². The number of rotatable bonds is 27. The maximum absolute atomic E-state index is 13.2. The first-order valence-corrected chi connectivity index (χ1v) is 34.8. The van der Waals surface area contributed by atoms with Crippen molar-refractivity contribution in [3.63, 3.8) is 0 Å². The minimum absolute atomic E-state index is 0. The molecule has 0 unspecified atom stereocenters. The van der Waals surface area contributed by atoms with Crippen LogP contribution in [0.4, 0.5) is 9.59 Å². The van der Waals surface area contributed by atoms with Crippen LogP contribution in [0, 0.1) is 23.7 Å². The van der Waals surface area contributed by atoms with Gasteiger partial charge in [0, 0.05) is 106 Å². The molecule has 95 heavy (non-hydrogen) atoms. The number of nitrogens with one attached hydrogen (secondary N) is 4. The number of fused-ring (bicyclic) bond motifs is 5. The molecule has 0 aromatic carbocycles. The third kappa shape index (κ3) is 18.3. The molecule has 0 spiro atoms. The van der Waals surface area contributed by atoms with Gasteiger partial charge in [0.1, 0.15) is 24.6 Å². The quantitative estimate of drug-likeness (QED) is 0.0210. The number of β-lactam (4-membered cyclic amide) rings is 1. The molecule has 9 heterocycles. The third-order valence-corrected chi connectivity index (χ3v) is 21.3. The van der Waals surface area contributed by atoms with Gasteiger partial charge in [0.25, 0.3) is 0 Å². The lowest BCUT2D eigenvalue weighted by atomic mass is 9.79. The number of carboxylic acid groups (broad SMARTS) is 2. The molecule has 8 amide bonds. The van der Waals surface area contributed by atoms with Crippen molar-refractivity contribution in [3.05, 3.63) is 21.2 Å². The summed E-state index contributed by atoms with van der Waals surface area (Å²) in [6.07, 6.45) is 0.453. The van der Waals surface area contributed by atoms with E-state index in [-0.39, 0.29) is 127 Å². The number of hydroxylamine groups is 4. The summed E-state index contributed by atoms with van der Waals surface area (Å²) in [4.78, 5) is 131. The minimum atomic E-state index is -4.91. The number of aliphatic carboxylic acids is 2. The van der Waals surface area contributed by atoms with E-state index >= 15 is 0 Å². The topological polar surface area (TPSA) is 526 Å². The number of nitrogens with two attached hydrogens (primary N) is 1. The predicted molar refractivity (Wildman–Crippen MR) is 333 cm³/mol. The Bertz CT molecular complexity index is 3220. The van der Waals surface area contributed by atoms with Crippen molar-refractivity contribution in [1.82, 2.24) is 55.9 Å². The van der Waals surface area contributed by atoms with Crippen LogP contribution in [-0.4, -0.2) is 311 Å². The fraction of sp³-hybridized carbons (Fsp3) is 0.741. The van der Waals surface area contributed by atoms with E-state index in [2.05, 4.69) is 29.8 Å². The molecule has 4 bridgehead atoms. The fourth-order valence-electron chi connectivity index (χ4n) is 13.1. The number of ether oxygens (including phenoxy) is 2. The van der Waals surface area contributed by atoms with Gasteiger partial charge in [-0.3, -0.25) is 37.9 Å². The molecule has 9 rings (SSSR count). The molecule has 7 saturated heterocycles. The lowest BCUT2D eigenvalue weighted by Gasteiger charge is -2.46. The number of hydrogen-bond acceptors (Lipinski definition) is 26. The first kappa shape index (κ1) is 78.1. The second-order valence-corrected chi connectivity index (χ2v) is 29.2. The van der Waals surface area contributed by atoms with E-state index in [9.17, 15) is 85.2 Å². The van der Waals surface area contributed by atoms with Crippen LogP contribution < -0.4 is 27.0 Å². The average molecular weight is 1430 g/mol. The molecule has 9 aliphatic rings. The highest BCUT2D eigenvalue weighted by molar-refractivity contribution is 8.04. The van der Waals surface area contributed by atoms with Gasteiger partial charge in [-0.05, 0) is 52.4 Å². The van der Waals surface area contributed by atoms with Gasteiger partial charge in [0.15, 0.2) is 11.6 Å². The van der Waals surface area contributed by atoms with Crippen LogP contribution in [0.1, 0.15) is 66.2 Å². The molecule has 9 aliphatic heterocycles. The number of carboxylic acids is 2. The summed E-state index contributed by atoms with van der Waals surface area (Å²) in [5.41, 5.74) is 5.24. The van der Waals surface area contributed by atoms with Crippen LogP contribution in [0.5, 0.6) is 0 Å². The molecule has 41 heteroatoms. The number of nitrogens with zero attached hydrogens (tertiary/aromatic N) is 7. The zero-order valence-electron chi connectivity index (χ0n) is 53.4. The number of amides is 8. The second-order valence-electron chi connectivity index (χ2n) is 24.5. The van der Waals surface area contributed by atoms with Crippen LogP contribution in [0.3, 0.4) is 0 Å². The summed E-state index contributed by atoms with van der Waals surface area (Å²) in [6.45, 7) is 7.89. The van der Waals surface area contributed by atoms with Crippen molar-refractivity contribution in [2.45, 2.75) is 137 Å². The van der Waals surface area contributed by atoms with E-state index in [4.69, 9.17) is 24.3 Å². The molecule has 536 valence electrons. The van der Waals surface area contributed by atoms with Gasteiger partial charge in [-0.1, -0.05) is 13.8 Å². The largest absolute Gasteiger partial charge is 0.477 e. The van der Waals surface area contributed by atoms with Gasteiger partial charge in [-0.2, -0.15) is 27.0 Å². The molecule has 0 aromatic rings. The summed E-state index contributed by atoms with van der Waals surface area (Å²) < 4.78 is 80.3. The lowest BCUT2D eigenvalue weighted by molar-refractivity contribution is -0.163. The average Bonchev–Trinajstić information content (AvgIpc) is 1.57. The number of piperidine rings is 2. The van der Waals surface area contributed by atoms with Crippen molar-refractivity contribution >= 4 is 104 Å². The molecule has 0 radical (unpaired) electrons. The molecule has 0 saturated carbocycles. The lowest BCUT2D eigenvalue weighted by Crippen LogP contribution is -2.63. The maximum atomic E-state index is 13.2. The molecule has 16 atom stereocenters. The van der Waals surface area contributed by atoms with Crippen LogP contribution in [-0.2, 0) is 77.2 Å². The molecular weight excluding hydrogens is 1340 g/mol.